The van der Waals surface area contributed by atoms with Gasteiger partial charge in [0.05, 0.1) is 7.11 Å². The Balaban J connectivity index is 2.54. The molecule has 5 heteroatoms. The molecule has 0 aliphatic heterocycles. The van der Waals surface area contributed by atoms with Crippen molar-refractivity contribution in [3.8, 4) is 17.4 Å². The third-order valence-electron chi connectivity index (χ3n) is 1.86. The van der Waals surface area contributed by atoms with Crippen LogP contribution in [-0.4, -0.2) is 22.1 Å². The fourth-order valence-electron chi connectivity index (χ4n) is 1.19. The number of rotatable bonds is 2. The van der Waals surface area contributed by atoms with Crippen LogP contribution >= 0.6 is 0 Å². The van der Waals surface area contributed by atoms with E-state index in [1.165, 1.54) is 7.11 Å². The van der Waals surface area contributed by atoms with E-state index in [-0.39, 0.29) is 6.01 Å². The lowest BCUT2D eigenvalue weighted by atomic mass is 10.2. The van der Waals surface area contributed by atoms with E-state index < -0.39 is 5.69 Å². The summed E-state index contributed by atoms with van der Waals surface area (Å²) in [4.78, 5) is 21.3. The topological polar surface area (TPSA) is 67.9 Å². The molecule has 0 aliphatic carbocycles. The minimum absolute atomic E-state index is 0.0672. The highest BCUT2D eigenvalue weighted by atomic mass is 16.5. The van der Waals surface area contributed by atoms with E-state index in [4.69, 9.17) is 4.74 Å². The van der Waals surface area contributed by atoms with Crippen molar-refractivity contribution in [1.82, 2.24) is 15.0 Å². The summed E-state index contributed by atoms with van der Waals surface area (Å²) < 4.78 is 4.81. The van der Waals surface area contributed by atoms with Gasteiger partial charge in [0.25, 0.3) is 0 Å². The Bertz CT molecular complexity index is 508. The molecule has 0 aliphatic rings. The van der Waals surface area contributed by atoms with Crippen LogP contribution in [0.1, 0.15) is 0 Å². The molecule has 15 heavy (non-hydrogen) atoms. The minimum atomic E-state index is -0.472. The van der Waals surface area contributed by atoms with E-state index in [1.54, 1.807) is 0 Å². The predicted molar refractivity (Wildman–Crippen MR) is 54.6 cm³/mol. The van der Waals surface area contributed by atoms with Gasteiger partial charge in [0.1, 0.15) is 5.82 Å². The molecule has 0 atom stereocenters. The summed E-state index contributed by atoms with van der Waals surface area (Å²) in [5.74, 6) is 0.451. The fourth-order valence-corrected chi connectivity index (χ4v) is 1.19. The molecule has 0 saturated carbocycles. The van der Waals surface area contributed by atoms with Crippen LogP contribution in [-0.2, 0) is 0 Å². The Morgan fingerprint density at radius 2 is 1.93 bits per heavy atom. The van der Waals surface area contributed by atoms with Gasteiger partial charge in [-0.2, -0.15) is 4.98 Å². The van der Waals surface area contributed by atoms with Gasteiger partial charge in [-0.15, -0.1) is 4.98 Å². The summed E-state index contributed by atoms with van der Waals surface area (Å²) in [6, 6.07) is 9.37. The molecule has 0 bridgehead atoms. The van der Waals surface area contributed by atoms with Gasteiger partial charge < -0.3 is 4.74 Å². The molecule has 0 fully saturated rings. The highest BCUT2D eigenvalue weighted by molar-refractivity contribution is 5.54. The van der Waals surface area contributed by atoms with Gasteiger partial charge in [0.2, 0.25) is 0 Å². The Hall–Kier alpha value is -2.17. The molecule has 1 N–H and O–H groups in total. The van der Waals surface area contributed by atoms with Gasteiger partial charge in [-0.25, -0.2) is 4.79 Å². The average molecular weight is 203 g/mol. The van der Waals surface area contributed by atoms with Gasteiger partial charge in [-0.3, -0.25) is 4.98 Å². The molecule has 0 amide bonds. The molecule has 2 aromatic rings. The highest BCUT2D eigenvalue weighted by Gasteiger charge is 2.03. The predicted octanol–water partition coefficient (Wildman–Crippen LogP) is 0.840. The van der Waals surface area contributed by atoms with Crippen molar-refractivity contribution in [3.05, 3.63) is 40.8 Å². The van der Waals surface area contributed by atoms with Crippen molar-refractivity contribution in [2.24, 2.45) is 0 Å². The number of ether oxygens (including phenoxy) is 1. The summed E-state index contributed by atoms with van der Waals surface area (Å²) >= 11 is 0. The Kier molecular flexibility index (Phi) is 2.45. The Morgan fingerprint density at radius 1 is 1.20 bits per heavy atom. The van der Waals surface area contributed by atoms with Crippen LogP contribution in [0.3, 0.4) is 0 Å². The second-order valence-corrected chi connectivity index (χ2v) is 2.86. The zero-order valence-electron chi connectivity index (χ0n) is 8.10. The molecule has 1 aromatic heterocycles. The van der Waals surface area contributed by atoms with Crippen LogP contribution in [0, 0.1) is 0 Å². The first-order valence-electron chi connectivity index (χ1n) is 4.37. The first-order chi connectivity index (χ1) is 7.29. The molecule has 76 valence electrons. The number of hydrogen-bond acceptors (Lipinski definition) is 4. The maximum atomic E-state index is 11.2. The molecule has 0 spiro atoms. The second kappa shape index (κ2) is 3.91. The monoisotopic (exact) mass is 203 g/mol. The molecular formula is C10H9N3O2. The fraction of sp³-hybridized carbons (Fsp3) is 0.100. The smallest absolute Gasteiger partial charge is 0.351 e. The van der Waals surface area contributed by atoms with Crippen molar-refractivity contribution < 1.29 is 4.74 Å². The van der Waals surface area contributed by atoms with E-state index in [0.717, 1.165) is 5.56 Å². The maximum absolute atomic E-state index is 11.2. The lowest BCUT2D eigenvalue weighted by Gasteiger charge is -2.01. The lowest BCUT2D eigenvalue weighted by Crippen LogP contribution is -2.14. The molecule has 1 aromatic carbocycles. The van der Waals surface area contributed by atoms with Crippen molar-refractivity contribution in [2.75, 3.05) is 7.11 Å². The van der Waals surface area contributed by atoms with Crippen LogP contribution < -0.4 is 10.4 Å². The first kappa shape index (κ1) is 9.39. The summed E-state index contributed by atoms with van der Waals surface area (Å²) in [6.45, 7) is 0. The van der Waals surface area contributed by atoms with E-state index in [0.29, 0.717) is 5.82 Å². The zero-order valence-corrected chi connectivity index (χ0v) is 8.10. The van der Waals surface area contributed by atoms with Gasteiger partial charge in [-0.05, 0) is 0 Å². The van der Waals surface area contributed by atoms with Crippen LogP contribution in [0.2, 0.25) is 0 Å². The molecule has 0 unspecified atom stereocenters. The third-order valence-corrected chi connectivity index (χ3v) is 1.86. The largest absolute Gasteiger partial charge is 0.467 e. The summed E-state index contributed by atoms with van der Waals surface area (Å²) in [5, 5.41) is 0. The van der Waals surface area contributed by atoms with Crippen molar-refractivity contribution >= 4 is 0 Å². The van der Waals surface area contributed by atoms with Gasteiger partial charge in [-0.1, -0.05) is 30.3 Å². The van der Waals surface area contributed by atoms with Crippen LogP contribution in [0.4, 0.5) is 0 Å². The Labute approximate surface area is 85.8 Å². The summed E-state index contributed by atoms with van der Waals surface area (Å²) in [7, 11) is 1.42. The Morgan fingerprint density at radius 3 is 2.60 bits per heavy atom. The van der Waals surface area contributed by atoms with Gasteiger partial charge in [0.15, 0.2) is 0 Å². The normalized spacial score (nSPS) is 9.93. The average Bonchev–Trinajstić information content (AvgIpc) is 2.29. The molecule has 5 nitrogen and oxygen atoms in total. The SMILES string of the molecule is COc1nc(-c2ccccc2)[nH]c(=O)n1. The molecular weight excluding hydrogens is 194 g/mol. The molecule has 2 rings (SSSR count). The van der Waals surface area contributed by atoms with Gasteiger partial charge in [0, 0.05) is 5.56 Å². The number of hydrogen-bond donors (Lipinski definition) is 1. The number of aromatic amines is 1. The van der Waals surface area contributed by atoms with Crippen LogP contribution in [0.25, 0.3) is 11.4 Å². The third kappa shape index (κ3) is 2.01. The summed E-state index contributed by atoms with van der Waals surface area (Å²) in [6.07, 6.45) is 0. The molecule has 0 saturated heterocycles. The number of benzene rings is 1. The molecule has 1 heterocycles. The van der Waals surface area contributed by atoms with Crippen LogP contribution in [0.5, 0.6) is 6.01 Å². The second-order valence-electron chi connectivity index (χ2n) is 2.86. The number of methoxy groups -OCH3 is 1. The van der Waals surface area contributed by atoms with Crippen LogP contribution in [0.15, 0.2) is 35.1 Å². The standard InChI is InChI=1S/C10H9N3O2/c1-15-10-12-8(11-9(14)13-10)7-5-3-2-4-6-7/h2-6H,1H3,(H,11,12,13,14). The van der Waals surface area contributed by atoms with E-state index in [1.807, 2.05) is 30.3 Å². The zero-order chi connectivity index (χ0) is 10.7. The van der Waals surface area contributed by atoms with E-state index >= 15 is 0 Å². The minimum Gasteiger partial charge on any atom is -0.467 e. The van der Waals surface area contributed by atoms with Crippen molar-refractivity contribution in [1.29, 1.82) is 0 Å². The highest BCUT2D eigenvalue weighted by Crippen LogP contribution is 2.13. The molecule has 0 radical (unpaired) electrons. The number of nitrogens with one attached hydrogen (secondary N) is 1. The lowest BCUT2D eigenvalue weighted by molar-refractivity contribution is 0.377. The van der Waals surface area contributed by atoms with Gasteiger partial charge >= 0.3 is 11.7 Å². The number of aromatic nitrogens is 3. The number of H-pyrrole nitrogens is 1. The summed E-state index contributed by atoms with van der Waals surface area (Å²) in [5.41, 5.74) is 0.344. The van der Waals surface area contributed by atoms with Crippen molar-refractivity contribution in [3.63, 3.8) is 0 Å². The number of nitrogens with zero attached hydrogens (tertiary/aromatic N) is 2. The van der Waals surface area contributed by atoms with E-state index in [9.17, 15) is 4.79 Å². The first-order valence-corrected chi connectivity index (χ1v) is 4.37. The maximum Gasteiger partial charge on any atom is 0.351 e. The van der Waals surface area contributed by atoms with E-state index in [2.05, 4.69) is 15.0 Å². The van der Waals surface area contributed by atoms with Crippen molar-refractivity contribution in [2.45, 2.75) is 0 Å². The quantitative estimate of drug-likeness (QED) is 0.785.